The third-order valence-electron chi connectivity index (χ3n) is 1.84. The highest BCUT2D eigenvalue weighted by molar-refractivity contribution is 9.10. The molecule has 0 radical (unpaired) electrons. The van der Waals surface area contributed by atoms with Gasteiger partial charge in [-0.05, 0) is 45.4 Å². The molecule has 1 aromatic carbocycles. The second-order valence-corrected chi connectivity index (χ2v) is 5.13. The first-order chi connectivity index (χ1) is 8.23. The zero-order valence-corrected chi connectivity index (χ0v) is 11.0. The Morgan fingerprint density at radius 2 is 2.11 bits per heavy atom. The number of thioether (sulfide) groups is 1. The first-order valence-corrected chi connectivity index (χ1v) is 6.04. The predicted molar refractivity (Wildman–Crippen MR) is 62.1 cm³/mol. The molecule has 0 aliphatic carbocycles. The minimum atomic E-state index is -4.53. The van der Waals surface area contributed by atoms with Gasteiger partial charge in [0.2, 0.25) is 0 Å². The van der Waals surface area contributed by atoms with Gasteiger partial charge < -0.3 is 5.11 Å². The quantitative estimate of drug-likeness (QED) is 0.855. The van der Waals surface area contributed by atoms with E-state index in [2.05, 4.69) is 15.9 Å². The second-order valence-electron chi connectivity index (χ2n) is 3.17. The summed E-state index contributed by atoms with van der Waals surface area (Å²) in [4.78, 5) is 10.3. The van der Waals surface area contributed by atoms with E-state index in [1.807, 2.05) is 0 Å². The van der Waals surface area contributed by atoms with Gasteiger partial charge >= 0.3 is 11.5 Å². The molecule has 0 aromatic heterocycles. The van der Waals surface area contributed by atoms with Crippen LogP contribution in [0.5, 0.6) is 0 Å². The second kappa shape index (κ2) is 5.63. The van der Waals surface area contributed by atoms with Gasteiger partial charge in [0, 0.05) is 9.37 Å². The Morgan fingerprint density at radius 3 is 2.56 bits per heavy atom. The molecule has 1 aromatic rings. The summed E-state index contributed by atoms with van der Waals surface area (Å²) in [6.45, 7) is 0. The molecule has 0 amide bonds. The van der Waals surface area contributed by atoms with E-state index in [1.165, 1.54) is 6.07 Å². The highest BCUT2D eigenvalue weighted by Crippen LogP contribution is 2.40. The Balaban J connectivity index is 3.26. The predicted octanol–water partition coefficient (Wildman–Crippen LogP) is 3.56. The van der Waals surface area contributed by atoms with Gasteiger partial charge in [-0.2, -0.15) is 18.4 Å². The summed E-state index contributed by atoms with van der Waals surface area (Å²) in [5.41, 5.74) is -4.50. The summed E-state index contributed by atoms with van der Waals surface area (Å²) in [6.07, 6.45) is -0.539. The fourth-order valence-electron chi connectivity index (χ4n) is 1.20. The summed E-state index contributed by atoms with van der Waals surface area (Å²) >= 11 is 2.58. The van der Waals surface area contributed by atoms with Crippen LogP contribution in [0.3, 0.4) is 0 Å². The molecule has 1 N–H and O–H groups in total. The first-order valence-electron chi connectivity index (χ1n) is 4.43. The number of hydrogen-bond acceptors (Lipinski definition) is 3. The van der Waals surface area contributed by atoms with Crippen molar-refractivity contribution in [2.75, 3.05) is 0 Å². The Bertz CT molecular complexity index is 525. The number of aliphatic carboxylic acids is 1. The molecular formula is C10H5BrF3NO2S. The number of rotatable bonds is 3. The number of carboxylic acids is 1. The lowest BCUT2D eigenvalue weighted by Crippen LogP contribution is -2.06. The normalized spacial score (nSPS) is 11.1. The van der Waals surface area contributed by atoms with Gasteiger partial charge in [-0.15, -0.1) is 0 Å². The van der Waals surface area contributed by atoms with Crippen LogP contribution in [0.4, 0.5) is 13.2 Å². The van der Waals surface area contributed by atoms with Gasteiger partial charge in [-0.1, -0.05) is 0 Å². The minimum absolute atomic E-state index is 0.00991. The highest BCUT2D eigenvalue weighted by Gasteiger charge is 2.31. The summed E-state index contributed by atoms with van der Waals surface area (Å²) in [5.74, 6) is -1.24. The van der Waals surface area contributed by atoms with Crippen LogP contribution in [0.1, 0.15) is 11.1 Å². The Morgan fingerprint density at radius 1 is 1.50 bits per heavy atom. The van der Waals surface area contributed by atoms with Gasteiger partial charge in [-0.3, -0.25) is 4.79 Å². The Labute approximate surface area is 113 Å². The average Bonchev–Trinajstić information content (AvgIpc) is 2.19. The summed E-state index contributed by atoms with van der Waals surface area (Å²) in [6, 6.07) is 3.98. The van der Waals surface area contributed by atoms with Gasteiger partial charge in [-0.25, -0.2) is 0 Å². The van der Waals surface area contributed by atoms with Crippen LogP contribution in [0, 0.1) is 11.3 Å². The molecular weight excluding hydrogens is 335 g/mol. The molecule has 0 aliphatic heterocycles. The van der Waals surface area contributed by atoms with E-state index < -0.39 is 29.7 Å². The summed E-state index contributed by atoms with van der Waals surface area (Å²) in [7, 11) is 0. The van der Waals surface area contributed by atoms with Crippen LogP contribution in [0.15, 0.2) is 21.5 Å². The number of hydrogen-bond donors (Lipinski definition) is 1. The number of carboxylic acid groups (broad SMARTS) is 1. The zero-order chi connectivity index (χ0) is 13.9. The number of alkyl halides is 3. The molecule has 0 atom stereocenters. The van der Waals surface area contributed by atoms with Crippen molar-refractivity contribution in [1.82, 2.24) is 0 Å². The van der Waals surface area contributed by atoms with E-state index in [0.29, 0.717) is 0 Å². The van der Waals surface area contributed by atoms with E-state index >= 15 is 0 Å². The van der Waals surface area contributed by atoms with Crippen LogP contribution in [0.2, 0.25) is 0 Å². The van der Waals surface area contributed by atoms with E-state index in [4.69, 9.17) is 10.4 Å². The van der Waals surface area contributed by atoms with E-state index in [-0.39, 0.29) is 20.5 Å². The smallest absolute Gasteiger partial charge is 0.446 e. The lowest BCUT2D eigenvalue weighted by molar-refractivity contribution is -0.136. The molecule has 8 heteroatoms. The van der Waals surface area contributed by atoms with Crippen molar-refractivity contribution in [3.05, 3.63) is 27.7 Å². The number of nitrogens with zero attached hydrogens (tertiary/aromatic N) is 1. The number of nitriles is 1. The summed E-state index contributed by atoms with van der Waals surface area (Å²) in [5, 5.41) is 17.4. The first kappa shape index (κ1) is 14.9. The number of carbonyl (C=O) groups is 1. The maximum absolute atomic E-state index is 12.3. The fraction of sp³-hybridized carbons (Fsp3) is 0.200. The van der Waals surface area contributed by atoms with Crippen LogP contribution >= 0.6 is 27.7 Å². The summed E-state index contributed by atoms with van der Waals surface area (Å²) < 4.78 is 37.2. The van der Waals surface area contributed by atoms with Crippen molar-refractivity contribution in [1.29, 1.82) is 5.26 Å². The van der Waals surface area contributed by atoms with Gasteiger partial charge in [0.15, 0.2) is 0 Å². The molecule has 0 fully saturated rings. The fourth-order valence-corrected chi connectivity index (χ4v) is 2.37. The van der Waals surface area contributed by atoms with Crippen LogP contribution in [0.25, 0.3) is 0 Å². The van der Waals surface area contributed by atoms with Gasteiger partial charge in [0.25, 0.3) is 0 Å². The molecule has 0 aliphatic rings. The molecule has 0 saturated carbocycles. The Hall–Kier alpha value is -1.20. The molecule has 0 spiro atoms. The topological polar surface area (TPSA) is 61.1 Å². The molecule has 96 valence electrons. The van der Waals surface area contributed by atoms with Crippen LogP contribution < -0.4 is 0 Å². The SMILES string of the molecule is N#Cc1cc(SC(F)(F)F)c(CC(=O)O)cc1Br. The van der Waals surface area contributed by atoms with Crippen molar-refractivity contribution >= 4 is 33.7 Å². The van der Waals surface area contributed by atoms with Gasteiger partial charge in [0.1, 0.15) is 6.07 Å². The molecule has 0 heterocycles. The molecule has 1 rings (SSSR count). The highest BCUT2D eigenvalue weighted by atomic mass is 79.9. The lowest BCUT2D eigenvalue weighted by Gasteiger charge is -2.11. The van der Waals surface area contributed by atoms with Gasteiger partial charge in [0.05, 0.1) is 12.0 Å². The minimum Gasteiger partial charge on any atom is -0.481 e. The van der Waals surface area contributed by atoms with E-state index in [9.17, 15) is 18.0 Å². The monoisotopic (exact) mass is 339 g/mol. The van der Waals surface area contributed by atoms with Crippen LogP contribution in [-0.2, 0) is 11.2 Å². The molecule has 0 unspecified atom stereocenters. The number of benzene rings is 1. The van der Waals surface area contributed by atoms with E-state index in [1.54, 1.807) is 6.07 Å². The standard InChI is InChI=1S/C10H5BrF3NO2S/c11-7-1-5(3-9(16)17)8(2-6(7)4-15)18-10(12,13)14/h1-2H,3H2,(H,16,17). The van der Waals surface area contributed by atoms with Crippen molar-refractivity contribution in [2.45, 2.75) is 16.8 Å². The van der Waals surface area contributed by atoms with Crippen molar-refractivity contribution in [3.63, 3.8) is 0 Å². The largest absolute Gasteiger partial charge is 0.481 e. The Kier molecular flexibility index (Phi) is 4.65. The van der Waals surface area contributed by atoms with Crippen molar-refractivity contribution < 1.29 is 23.1 Å². The van der Waals surface area contributed by atoms with Crippen molar-refractivity contribution in [3.8, 4) is 6.07 Å². The maximum Gasteiger partial charge on any atom is 0.446 e. The molecule has 0 bridgehead atoms. The van der Waals surface area contributed by atoms with Crippen LogP contribution in [-0.4, -0.2) is 16.6 Å². The molecule has 3 nitrogen and oxygen atoms in total. The third kappa shape index (κ3) is 4.23. The average molecular weight is 340 g/mol. The van der Waals surface area contributed by atoms with Crippen molar-refractivity contribution in [2.24, 2.45) is 0 Å². The van der Waals surface area contributed by atoms with E-state index in [0.717, 1.165) is 6.07 Å². The maximum atomic E-state index is 12.3. The zero-order valence-electron chi connectivity index (χ0n) is 8.58. The number of halogens is 4. The lowest BCUT2D eigenvalue weighted by atomic mass is 10.1. The molecule has 18 heavy (non-hydrogen) atoms. The third-order valence-corrected chi connectivity index (χ3v) is 3.33. The molecule has 0 saturated heterocycles.